The van der Waals surface area contributed by atoms with Crippen LogP contribution in [0.2, 0.25) is 0 Å². The van der Waals surface area contributed by atoms with Crippen LogP contribution in [0.1, 0.15) is 25.3 Å². The van der Waals surface area contributed by atoms with E-state index in [2.05, 4.69) is 29.4 Å². The topological polar surface area (TPSA) is 63.0 Å². The van der Waals surface area contributed by atoms with Crippen molar-refractivity contribution in [1.82, 2.24) is 0 Å². The molecule has 0 saturated heterocycles. The molecule has 0 aliphatic rings. The summed E-state index contributed by atoms with van der Waals surface area (Å²) in [7, 11) is 0. The minimum absolute atomic E-state index is 0.0451. The Hall–Kier alpha value is -3.47. The number of carbonyl (C=O) groups is 1. The largest absolute Gasteiger partial charge is 0.484 e. The second kappa shape index (κ2) is 9.46. The molecule has 142 valence electrons. The summed E-state index contributed by atoms with van der Waals surface area (Å²) in [5.74, 6) is 0.926. The second-order valence-electron chi connectivity index (χ2n) is 6.64. The van der Waals surface area contributed by atoms with Crippen LogP contribution in [0, 0.1) is 0 Å². The number of rotatable bonds is 7. The third-order valence-electron chi connectivity index (χ3n) is 4.10. The third-order valence-corrected chi connectivity index (χ3v) is 4.10. The van der Waals surface area contributed by atoms with Gasteiger partial charge in [-0.2, -0.15) is 10.2 Å². The molecule has 3 aromatic carbocycles. The lowest BCUT2D eigenvalue weighted by Crippen LogP contribution is -2.20. The summed E-state index contributed by atoms with van der Waals surface area (Å²) in [4.78, 5) is 12.1. The fourth-order valence-electron chi connectivity index (χ4n) is 2.52. The number of anilines is 1. The fraction of sp³-hybridized carbons (Fsp3) is 0.174. The summed E-state index contributed by atoms with van der Waals surface area (Å²) in [6.45, 7) is 4.23. The SMILES string of the molecule is CC(C)c1ccc(OCC(=O)Nc2ccc(N=Nc3ccccc3)cc2)cc1. The second-order valence-corrected chi connectivity index (χ2v) is 6.64. The summed E-state index contributed by atoms with van der Waals surface area (Å²) in [6.07, 6.45) is 0. The van der Waals surface area contributed by atoms with E-state index in [4.69, 9.17) is 4.74 Å². The van der Waals surface area contributed by atoms with Crippen LogP contribution >= 0.6 is 0 Å². The minimum atomic E-state index is -0.216. The van der Waals surface area contributed by atoms with Gasteiger partial charge in [0.05, 0.1) is 11.4 Å². The average molecular weight is 373 g/mol. The van der Waals surface area contributed by atoms with E-state index in [9.17, 15) is 4.79 Å². The molecule has 0 spiro atoms. The van der Waals surface area contributed by atoms with Gasteiger partial charge in [-0.05, 0) is 60.0 Å². The van der Waals surface area contributed by atoms with Gasteiger partial charge in [-0.3, -0.25) is 4.79 Å². The van der Waals surface area contributed by atoms with Crippen molar-refractivity contribution >= 4 is 23.0 Å². The van der Waals surface area contributed by atoms with E-state index in [1.54, 1.807) is 24.3 Å². The van der Waals surface area contributed by atoms with Crippen LogP contribution in [0.5, 0.6) is 5.75 Å². The molecule has 0 aliphatic carbocycles. The number of amides is 1. The zero-order valence-corrected chi connectivity index (χ0v) is 16.0. The standard InChI is InChI=1S/C23H23N3O2/c1-17(2)18-8-14-22(15-9-18)28-16-23(27)24-19-10-12-21(13-11-19)26-25-20-6-4-3-5-7-20/h3-15,17H,16H2,1-2H3,(H,24,27). The van der Waals surface area contributed by atoms with Gasteiger partial charge in [0.1, 0.15) is 5.75 Å². The highest BCUT2D eigenvalue weighted by molar-refractivity contribution is 5.92. The Morgan fingerprint density at radius 3 is 2.07 bits per heavy atom. The van der Waals surface area contributed by atoms with Crippen LogP contribution in [0.3, 0.4) is 0 Å². The highest BCUT2D eigenvalue weighted by atomic mass is 16.5. The normalized spacial score (nSPS) is 11.0. The summed E-state index contributed by atoms with van der Waals surface area (Å²) >= 11 is 0. The lowest BCUT2D eigenvalue weighted by molar-refractivity contribution is -0.118. The summed E-state index contributed by atoms with van der Waals surface area (Å²) in [5.41, 5.74) is 3.42. The van der Waals surface area contributed by atoms with Gasteiger partial charge in [0, 0.05) is 5.69 Å². The lowest BCUT2D eigenvalue weighted by Gasteiger charge is -2.09. The van der Waals surface area contributed by atoms with Gasteiger partial charge in [-0.25, -0.2) is 0 Å². The Morgan fingerprint density at radius 1 is 0.857 bits per heavy atom. The van der Waals surface area contributed by atoms with Crippen LogP contribution in [-0.2, 0) is 4.79 Å². The molecule has 5 heteroatoms. The van der Waals surface area contributed by atoms with E-state index in [1.807, 2.05) is 54.6 Å². The molecule has 3 rings (SSSR count). The molecule has 3 aromatic rings. The fourth-order valence-corrected chi connectivity index (χ4v) is 2.52. The van der Waals surface area contributed by atoms with Crippen molar-refractivity contribution in [1.29, 1.82) is 0 Å². The molecule has 0 heterocycles. The molecule has 0 atom stereocenters. The van der Waals surface area contributed by atoms with Gasteiger partial charge < -0.3 is 10.1 Å². The van der Waals surface area contributed by atoms with E-state index in [-0.39, 0.29) is 12.5 Å². The first-order valence-corrected chi connectivity index (χ1v) is 9.19. The molecule has 0 bridgehead atoms. The van der Waals surface area contributed by atoms with Crippen LogP contribution in [0.25, 0.3) is 0 Å². The van der Waals surface area contributed by atoms with E-state index < -0.39 is 0 Å². The predicted molar refractivity (Wildman–Crippen MR) is 112 cm³/mol. The zero-order valence-electron chi connectivity index (χ0n) is 16.0. The summed E-state index contributed by atoms with van der Waals surface area (Å²) in [5, 5.41) is 11.2. The Bertz CT molecular complexity index is 918. The number of benzene rings is 3. The van der Waals surface area contributed by atoms with Crippen LogP contribution < -0.4 is 10.1 Å². The van der Waals surface area contributed by atoms with Gasteiger partial charge in [-0.1, -0.05) is 44.2 Å². The molecule has 0 saturated carbocycles. The Balaban J connectivity index is 1.49. The van der Waals surface area contributed by atoms with Gasteiger partial charge in [0.15, 0.2) is 6.61 Å². The van der Waals surface area contributed by atoms with Crippen molar-refractivity contribution in [3.8, 4) is 5.75 Å². The number of carbonyl (C=O) groups excluding carboxylic acids is 1. The van der Waals surface area contributed by atoms with Gasteiger partial charge in [0.2, 0.25) is 0 Å². The molecule has 0 fully saturated rings. The maximum atomic E-state index is 12.1. The Labute approximate surface area is 165 Å². The average Bonchev–Trinajstić information content (AvgIpc) is 2.73. The van der Waals surface area contributed by atoms with Gasteiger partial charge in [-0.15, -0.1) is 0 Å². The van der Waals surface area contributed by atoms with Gasteiger partial charge in [0.25, 0.3) is 5.91 Å². The highest BCUT2D eigenvalue weighted by Gasteiger charge is 2.05. The maximum absolute atomic E-state index is 12.1. The molecule has 0 radical (unpaired) electrons. The molecule has 5 nitrogen and oxygen atoms in total. The Morgan fingerprint density at radius 2 is 1.46 bits per heavy atom. The molecular weight excluding hydrogens is 350 g/mol. The monoisotopic (exact) mass is 373 g/mol. The van der Waals surface area contributed by atoms with Crippen molar-refractivity contribution in [3.05, 3.63) is 84.4 Å². The number of nitrogens with zero attached hydrogens (tertiary/aromatic N) is 2. The highest BCUT2D eigenvalue weighted by Crippen LogP contribution is 2.21. The molecule has 0 unspecified atom stereocenters. The molecule has 1 amide bonds. The first-order chi connectivity index (χ1) is 13.6. The lowest BCUT2D eigenvalue weighted by atomic mass is 10.0. The number of hydrogen-bond acceptors (Lipinski definition) is 4. The first kappa shape index (κ1) is 19.3. The van der Waals surface area contributed by atoms with E-state index >= 15 is 0 Å². The van der Waals surface area contributed by atoms with Crippen molar-refractivity contribution in [2.45, 2.75) is 19.8 Å². The van der Waals surface area contributed by atoms with Crippen molar-refractivity contribution in [2.24, 2.45) is 10.2 Å². The van der Waals surface area contributed by atoms with Crippen molar-refractivity contribution in [2.75, 3.05) is 11.9 Å². The Kier molecular flexibility index (Phi) is 6.52. The zero-order chi connectivity index (χ0) is 19.8. The molecular formula is C23H23N3O2. The van der Waals surface area contributed by atoms with Crippen molar-refractivity contribution < 1.29 is 9.53 Å². The number of azo groups is 1. The van der Waals surface area contributed by atoms with Gasteiger partial charge >= 0.3 is 0 Å². The molecule has 1 N–H and O–H groups in total. The van der Waals surface area contributed by atoms with Crippen molar-refractivity contribution in [3.63, 3.8) is 0 Å². The molecule has 0 aliphatic heterocycles. The quantitative estimate of drug-likeness (QED) is 0.498. The summed E-state index contributed by atoms with van der Waals surface area (Å²) < 4.78 is 5.54. The molecule has 0 aromatic heterocycles. The summed E-state index contributed by atoms with van der Waals surface area (Å²) in [6, 6.07) is 24.5. The number of nitrogens with one attached hydrogen (secondary N) is 1. The number of ether oxygens (including phenoxy) is 1. The smallest absolute Gasteiger partial charge is 0.262 e. The third kappa shape index (κ3) is 5.77. The van der Waals surface area contributed by atoms with E-state index in [1.165, 1.54) is 5.56 Å². The van der Waals surface area contributed by atoms with E-state index in [0.29, 0.717) is 23.0 Å². The maximum Gasteiger partial charge on any atom is 0.262 e. The predicted octanol–water partition coefficient (Wildman–Crippen LogP) is 6.24. The number of hydrogen-bond donors (Lipinski definition) is 1. The first-order valence-electron chi connectivity index (χ1n) is 9.19. The molecule has 28 heavy (non-hydrogen) atoms. The minimum Gasteiger partial charge on any atom is -0.484 e. The van der Waals surface area contributed by atoms with Crippen LogP contribution in [0.4, 0.5) is 17.1 Å². The van der Waals surface area contributed by atoms with Crippen LogP contribution in [0.15, 0.2) is 89.1 Å². The van der Waals surface area contributed by atoms with E-state index in [0.717, 1.165) is 5.69 Å². The van der Waals surface area contributed by atoms with Crippen LogP contribution in [-0.4, -0.2) is 12.5 Å².